The van der Waals surface area contributed by atoms with E-state index >= 15 is 0 Å². The normalized spacial score (nSPS) is 13.1. The molecular weight excluding hydrogens is 731 g/mol. The molecule has 2 heteroatoms. The van der Waals surface area contributed by atoms with Crippen molar-refractivity contribution in [3.8, 4) is 33.4 Å². The van der Waals surface area contributed by atoms with Gasteiger partial charge in [-0.1, -0.05) is 178 Å². The smallest absolute Gasteiger partial charge is 0.0624 e. The molecule has 0 atom stereocenters. The van der Waals surface area contributed by atoms with E-state index in [0.717, 1.165) is 11.4 Å². The summed E-state index contributed by atoms with van der Waals surface area (Å²) < 4.78 is 2.65. The zero-order valence-corrected chi connectivity index (χ0v) is 33.7. The van der Waals surface area contributed by atoms with Crippen LogP contribution in [0.4, 0.5) is 17.1 Å². The maximum Gasteiger partial charge on any atom is 0.0624 e. The Balaban J connectivity index is 1.14. The third-order valence-electron chi connectivity index (χ3n) is 12.8. The molecule has 0 radical (unpaired) electrons. The summed E-state index contributed by atoms with van der Waals surface area (Å²) in [5.41, 5.74) is 13.6. The molecule has 0 saturated carbocycles. The van der Waals surface area contributed by atoms with Crippen molar-refractivity contribution in [2.75, 3.05) is 4.90 Å². The van der Waals surface area contributed by atoms with Crippen LogP contribution in [0.5, 0.6) is 0 Å². The van der Waals surface area contributed by atoms with E-state index < -0.39 is 0 Å². The number of hydrogen-bond donors (Lipinski definition) is 0. The zero-order chi connectivity index (χ0) is 39.2. The molecule has 0 saturated heterocycles. The molecule has 0 unspecified atom stereocenters. The zero-order valence-electron chi connectivity index (χ0n) is 32.9. The quantitative estimate of drug-likeness (QED) is 0.158. The largest absolute Gasteiger partial charge is 0.309 e. The summed E-state index contributed by atoms with van der Waals surface area (Å²) in [6, 6.07) is 74.6. The van der Waals surface area contributed by atoms with Gasteiger partial charge in [-0.25, -0.2) is 0 Å². The predicted molar refractivity (Wildman–Crippen MR) is 255 cm³/mol. The number of nitrogens with zero attached hydrogens (tertiary/aromatic N) is 1. The monoisotopic (exact) mass is 769 g/mol. The molecule has 278 valence electrons. The standard InChI is InChI=1S/C57H39NS/c1-57(2)51-24-11-9-18-45(51)46-33-32-41(35-52(46)57)58(40-30-28-37(29-31-40)42-22-13-23-50-47-19-10-12-25-53(47)59-56(42)50)55-49-21-8-6-17-44(49)43-16-5-7-20-48(43)54(55)39-27-26-36-14-3-4-15-38(36)34-39/h3-35H,1-2H3. The lowest BCUT2D eigenvalue weighted by Gasteiger charge is -2.32. The van der Waals surface area contributed by atoms with Crippen molar-refractivity contribution in [3.63, 3.8) is 0 Å². The Morgan fingerprint density at radius 1 is 0.390 bits per heavy atom. The number of hydrogen-bond acceptors (Lipinski definition) is 2. The summed E-state index contributed by atoms with van der Waals surface area (Å²) in [6.07, 6.45) is 0. The van der Waals surface area contributed by atoms with Crippen LogP contribution in [-0.4, -0.2) is 0 Å². The van der Waals surface area contributed by atoms with Crippen LogP contribution >= 0.6 is 11.3 Å². The maximum atomic E-state index is 2.54. The van der Waals surface area contributed by atoms with Crippen molar-refractivity contribution in [3.05, 3.63) is 211 Å². The van der Waals surface area contributed by atoms with Crippen molar-refractivity contribution >= 4 is 80.9 Å². The minimum atomic E-state index is -0.146. The van der Waals surface area contributed by atoms with Gasteiger partial charge in [-0.3, -0.25) is 0 Å². The van der Waals surface area contributed by atoms with Gasteiger partial charge in [-0.05, 0) is 102 Å². The van der Waals surface area contributed by atoms with Gasteiger partial charge in [0.1, 0.15) is 0 Å². The molecule has 12 rings (SSSR count). The molecule has 1 aromatic heterocycles. The van der Waals surface area contributed by atoms with Crippen molar-refractivity contribution < 1.29 is 0 Å². The third-order valence-corrected chi connectivity index (χ3v) is 14.1. The Bertz CT molecular complexity index is 3480. The lowest BCUT2D eigenvalue weighted by molar-refractivity contribution is 0.660. The van der Waals surface area contributed by atoms with Crippen LogP contribution in [-0.2, 0) is 5.41 Å². The maximum absolute atomic E-state index is 2.54. The predicted octanol–water partition coefficient (Wildman–Crippen LogP) is 16.6. The van der Waals surface area contributed by atoms with Gasteiger partial charge in [0.05, 0.1) is 5.69 Å². The van der Waals surface area contributed by atoms with Crippen molar-refractivity contribution in [2.45, 2.75) is 19.3 Å². The second kappa shape index (κ2) is 13.0. The van der Waals surface area contributed by atoms with Crippen LogP contribution in [0.15, 0.2) is 200 Å². The van der Waals surface area contributed by atoms with Crippen LogP contribution in [0.1, 0.15) is 25.0 Å². The Morgan fingerprint density at radius 3 is 1.81 bits per heavy atom. The molecule has 0 spiro atoms. The molecule has 1 nitrogen and oxygen atoms in total. The van der Waals surface area contributed by atoms with Crippen LogP contribution in [0, 0.1) is 0 Å². The summed E-state index contributed by atoms with van der Waals surface area (Å²) in [6.45, 7) is 4.75. The average molecular weight is 770 g/mol. The fraction of sp³-hybridized carbons (Fsp3) is 0.0526. The van der Waals surface area contributed by atoms with E-state index in [1.165, 1.54) is 103 Å². The van der Waals surface area contributed by atoms with Crippen LogP contribution in [0.3, 0.4) is 0 Å². The van der Waals surface area contributed by atoms with Gasteiger partial charge in [-0.2, -0.15) is 0 Å². The number of fused-ring (bicyclic) bond motifs is 10. The highest BCUT2D eigenvalue weighted by Gasteiger charge is 2.36. The van der Waals surface area contributed by atoms with E-state index in [1.54, 1.807) is 0 Å². The second-order valence-electron chi connectivity index (χ2n) is 16.4. The van der Waals surface area contributed by atoms with Crippen molar-refractivity contribution in [1.29, 1.82) is 0 Å². The topological polar surface area (TPSA) is 3.24 Å². The van der Waals surface area contributed by atoms with Gasteiger partial charge in [0.25, 0.3) is 0 Å². The molecule has 0 aliphatic heterocycles. The Kier molecular flexibility index (Phi) is 7.51. The molecule has 10 aromatic carbocycles. The fourth-order valence-electron chi connectivity index (χ4n) is 10.00. The first kappa shape index (κ1) is 34.1. The first-order valence-electron chi connectivity index (χ1n) is 20.5. The Morgan fingerprint density at radius 2 is 0.983 bits per heavy atom. The Labute approximate surface area is 348 Å². The highest BCUT2D eigenvalue weighted by atomic mass is 32.1. The Hall–Kier alpha value is -7.00. The number of rotatable bonds is 5. The van der Waals surface area contributed by atoms with Gasteiger partial charge in [-0.15, -0.1) is 11.3 Å². The lowest BCUT2D eigenvalue weighted by Crippen LogP contribution is -2.17. The van der Waals surface area contributed by atoms with E-state index in [-0.39, 0.29) is 5.41 Å². The number of anilines is 3. The SMILES string of the molecule is CC1(C)c2ccccc2-c2ccc(N(c3ccc(-c4cccc5c4sc4ccccc45)cc3)c3c(-c4ccc5ccccc5c4)c4ccccc4c4ccccc34)cc21. The van der Waals surface area contributed by atoms with Gasteiger partial charge < -0.3 is 4.90 Å². The molecule has 11 aromatic rings. The molecule has 0 amide bonds. The van der Waals surface area contributed by atoms with Crippen LogP contribution in [0.25, 0.3) is 85.9 Å². The molecule has 1 heterocycles. The molecule has 0 fully saturated rings. The second-order valence-corrected chi connectivity index (χ2v) is 17.5. The fourth-order valence-corrected chi connectivity index (χ4v) is 11.2. The molecule has 0 N–H and O–H groups in total. The third kappa shape index (κ3) is 5.16. The highest BCUT2D eigenvalue weighted by Crippen LogP contribution is 2.54. The first-order chi connectivity index (χ1) is 29.0. The van der Waals surface area contributed by atoms with Crippen molar-refractivity contribution in [1.82, 2.24) is 0 Å². The van der Waals surface area contributed by atoms with Crippen molar-refractivity contribution in [2.24, 2.45) is 0 Å². The summed E-state index contributed by atoms with van der Waals surface area (Å²) in [7, 11) is 0. The van der Waals surface area contributed by atoms with Crippen LogP contribution < -0.4 is 4.90 Å². The minimum Gasteiger partial charge on any atom is -0.309 e. The summed E-state index contributed by atoms with van der Waals surface area (Å²) in [4.78, 5) is 2.54. The molecule has 1 aliphatic carbocycles. The van der Waals surface area contributed by atoms with E-state index in [4.69, 9.17) is 0 Å². The first-order valence-corrected chi connectivity index (χ1v) is 21.3. The molecule has 59 heavy (non-hydrogen) atoms. The van der Waals surface area contributed by atoms with Crippen LogP contribution in [0.2, 0.25) is 0 Å². The summed E-state index contributed by atoms with van der Waals surface area (Å²) in [5, 5.41) is 10.1. The van der Waals surface area contributed by atoms with Gasteiger partial charge in [0.2, 0.25) is 0 Å². The van der Waals surface area contributed by atoms with E-state index in [1.807, 2.05) is 11.3 Å². The van der Waals surface area contributed by atoms with Gasteiger partial charge in [0.15, 0.2) is 0 Å². The lowest BCUT2D eigenvalue weighted by atomic mass is 9.82. The van der Waals surface area contributed by atoms with E-state index in [9.17, 15) is 0 Å². The van der Waals surface area contributed by atoms with Gasteiger partial charge >= 0.3 is 0 Å². The highest BCUT2D eigenvalue weighted by molar-refractivity contribution is 7.26. The number of benzene rings is 10. The number of thiophene rings is 1. The molecule has 1 aliphatic rings. The van der Waals surface area contributed by atoms with E-state index in [2.05, 4.69) is 219 Å². The summed E-state index contributed by atoms with van der Waals surface area (Å²) in [5.74, 6) is 0. The minimum absolute atomic E-state index is 0.146. The summed E-state index contributed by atoms with van der Waals surface area (Å²) >= 11 is 1.89. The molecular formula is C57H39NS. The average Bonchev–Trinajstić information content (AvgIpc) is 3.78. The van der Waals surface area contributed by atoms with Gasteiger partial charge in [0, 0.05) is 47.9 Å². The molecule has 0 bridgehead atoms. The van der Waals surface area contributed by atoms with E-state index in [0.29, 0.717) is 0 Å².